The molecule has 3 heterocycles. The molecule has 1 N–H and O–H groups in total. The van der Waals surface area contributed by atoms with Crippen molar-refractivity contribution in [1.29, 1.82) is 0 Å². The van der Waals surface area contributed by atoms with Crippen molar-refractivity contribution >= 4 is 33.4 Å². The van der Waals surface area contributed by atoms with Crippen molar-refractivity contribution in [2.24, 2.45) is 0 Å². The molecule has 1 aromatic heterocycles. The Hall–Kier alpha value is -3.89. The molecule has 1 fully saturated rings. The predicted molar refractivity (Wildman–Crippen MR) is 137 cm³/mol. The summed E-state index contributed by atoms with van der Waals surface area (Å²) in [5.41, 5.74) is 5.16. The molecule has 0 saturated carbocycles. The van der Waals surface area contributed by atoms with Crippen LogP contribution in [-0.4, -0.2) is 44.9 Å². The van der Waals surface area contributed by atoms with E-state index in [2.05, 4.69) is 26.3 Å². The summed E-state index contributed by atoms with van der Waals surface area (Å²) in [6, 6.07) is 19.4. The summed E-state index contributed by atoms with van der Waals surface area (Å²) in [6.07, 6.45) is 0.212. The van der Waals surface area contributed by atoms with E-state index >= 15 is 0 Å². The van der Waals surface area contributed by atoms with Crippen molar-refractivity contribution < 1.29 is 18.7 Å². The van der Waals surface area contributed by atoms with E-state index in [4.69, 9.17) is 9.84 Å². The van der Waals surface area contributed by atoms with Gasteiger partial charge in [0.15, 0.2) is 6.23 Å². The molecule has 0 bridgehead atoms. The summed E-state index contributed by atoms with van der Waals surface area (Å²) in [4.78, 5) is 27.7. The Kier molecular flexibility index (Phi) is 6.05. The number of nitrogens with zero attached hydrogens (tertiary/aromatic N) is 4. The van der Waals surface area contributed by atoms with Crippen molar-refractivity contribution in [3.63, 3.8) is 0 Å². The van der Waals surface area contributed by atoms with Gasteiger partial charge in [-0.3, -0.25) is 9.59 Å². The topological polar surface area (TPSA) is 89.4 Å². The van der Waals surface area contributed by atoms with Gasteiger partial charge in [-0.1, -0.05) is 28.1 Å². The number of nitrogens with one attached hydrogen (secondary N) is 1. The quantitative estimate of drug-likeness (QED) is 0.376. The van der Waals surface area contributed by atoms with Crippen molar-refractivity contribution in [2.45, 2.75) is 19.1 Å². The molecule has 2 aliphatic rings. The maximum atomic E-state index is 13.6. The zero-order chi connectivity index (χ0) is 25.5. The van der Waals surface area contributed by atoms with Crippen LogP contribution in [0.15, 0.2) is 71.2 Å². The van der Waals surface area contributed by atoms with Gasteiger partial charge in [-0.05, 0) is 72.1 Å². The van der Waals surface area contributed by atoms with E-state index in [1.807, 2.05) is 42.5 Å². The van der Waals surface area contributed by atoms with Crippen molar-refractivity contribution in [3.05, 3.63) is 93.8 Å². The van der Waals surface area contributed by atoms with Gasteiger partial charge in [0.05, 0.1) is 12.1 Å². The first-order valence-corrected chi connectivity index (χ1v) is 12.6. The Labute approximate surface area is 220 Å². The first-order chi connectivity index (χ1) is 17.9. The highest BCUT2D eigenvalue weighted by atomic mass is 79.9. The number of carbonyl (C=O) groups is 2. The zero-order valence-corrected chi connectivity index (χ0v) is 21.1. The van der Waals surface area contributed by atoms with E-state index in [9.17, 15) is 14.0 Å². The number of amides is 2. The summed E-state index contributed by atoms with van der Waals surface area (Å²) >= 11 is 3.43. The highest BCUT2D eigenvalue weighted by Gasteiger charge is 2.37. The van der Waals surface area contributed by atoms with Crippen LogP contribution < -0.4 is 5.32 Å². The summed E-state index contributed by atoms with van der Waals surface area (Å²) in [6.45, 7) is 0.323. The molecule has 186 valence electrons. The van der Waals surface area contributed by atoms with E-state index in [1.165, 1.54) is 16.9 Å². The third-order valence-corrected chi connectivity index (χ3v) is 6.99. The number of aromatic nitrogens is 3. The minimum atomic E-state index is -0.745. The van der Waals surface area contributed by atoms with E-state index < -0.39 is 6.23 Å². The third-order valence-electron chi connectivity index (χ3n) is 6.46. The summed E-state index contributed by atoms with van der Waals surface area (Å²) in [5, 5.41) is 12.3. The first kappa shape index (κ1) is 23.5. The maximum absolute atomic E-state index is 13.6. The second kappa shape index (κ2) is 9.53. The van der Waals surface area contributed by atoms with Gasteiger partial charge in [0, 0.05) is 22.3 Å². The number of hydrogen-bond donors (Lipinski definition) is 1. The molecule has 2 amide bonds. The lowest BCUT2D eigenvalue weighted by Crippen LogP contribution is -2.31. The SMILES string of the molecule is O=C1Cc2ccc(CCN3C(=O)CO[C@@H]3c3nn(-c4ccc(Br)cc4)nc3-c3ccc(F)cc3)cc2N1. The molecule has 1 saturated heterocycles. The molecule has 8 nitrogen and oxygen atoms in total. The molecular weight excluding hydrogens is 541 g/mol. The molecule has 0 radical (unpaired) electrons. The van der Waals surface area contributed by atoms with Crippen molar-refractivity contribution in [1.82, 2.24) is 19.9 Å². The van der Waals surface area contributed by atoms with Crippen LogP contribution in [-0.2, 0) is 27.2 Å². The van der Waals surface area contributed by atoms with Gasteiger partial charge in [-0.2, -0.15) is 4.80 Å². The van der Waals surface area contributed by atoms with E-state index in [0.717, 1.165) is 27.0 Å². The molecule has 4 aromatic rings. The molecule has 0 aliphatic carbocycles. The third kappa shape index (κ3) is 4.65. The second-order valence-corrected chi connectivity index (χ2v) is 9.84. The fourth-order valence-corrected chi connectivity index (χ4v) is 4.84. The Morgan fingerprint density at radius 3 is 2.59 bits per heavy atom. The largest absolute Gasteiger partial charge is 0.342 e. The number of fused-ring (bicyclic) bond motifs is 1. The van der Waals surface area contributed by atoms with Gasteiger partial charge < -0.3 is 15.0 Å². The molecule has 2 aliphatic heterocycles. The van der Waals surface area contributed by atoms with E-state index in [1.54, 1.807) is 17.0 Å². The Bertz CT molecular complexity index is 1500. The van der Waals surface area contributed by atoms with Crippen LogP contribution in [0.25, 0.3) is 16.9 Å². The van der Waals surface area contributed by atoms with Crippen LogP contribution in [0.3, 0.4) is 0 Å². The van der Waals surface area contributed by atoms with Crippen LogP contribution in [0.5, 0.6) is 0 Å². The lowest BCUT2D eigenvalue weighted by atomic mass is 10.1. The number of anilines is 1. The molecule has 3 aromatic carbocycles. The van der Waals surface area contributed by atoms with Gasteiger partial charge >= 0.3 is 0 Å². The predicted octanol–water partition coefficient (Wildman–Crippen LogP) is 4.43. The number of rotatable bonds is 6. The van der Waals surface area contributed by atoms with Crippen LogP contribution in [0.4, 0.5) is 10.1 Å². The molecule has 0 spiro atoms. The smallest absolute Gasteiger partial charge is 0.251 e. The second-order valence-electron chi connectivity index (χ2n) is 8.92. The number of halogens is 2. The Balaban J connectivity index is 1.32. The first-order valence-electron chi connectivity index (χ1n) is 11.8. The number of ether oxygens (including phenoxy) is 1. The Morgan fingerprint density at radius 2 is 1.81 bits per heavy atom. The average Bonchev–Trinajstić information content (AvgIpc) is 3.59. The number of benzene rings is 3. The van der Waals surface area contributed by atoms with Gasteiger partial charge in [0.2, 0.25) is 5.91 Å². The number of carbonyl (C=O) groups excluding carboxylic acids is 2. The highest BCUT2D eigenvalue weighted by Crippen LogP contribution is 2.34. The van der Waals surface area contributed by atoms with Gasteiger partial charge in [-0.15, -0.1) is 10.2 Å². The fourth-order valence-electron chi connectivity index (χ4n) is 4.58. The molecule has 6 rings (SSSR count). The molecule has 0 unspecified atom stereocenters. The van der Waals surface area contributed by atoms with Crippen molar-refractivity contribution in [2.75, 3.05) is 18.5 Å². The maximum Gasteiger partial charge on any atom is 0.251 e. The minimum Gasteiger partial charge on any atom is -0.342 e. The van der Waals surface area contributed by atoms with E-state index in [0.29, 0.717) is 36.3 Å². The van der Waals surface area contributed by atoms with Gasteiger partial charge in [0.1, 0.15) is 23.8 Å². The lowest BCUT2D eigenvalue weighted by molar-refractivity contribution is -0.128. The molecule has 1 atom stereocenters. The van der Waals surface area contributed by atoms with Crippen LogP contribution >= 0.6 is 15.9 Å². The zero-order valence-electron chi connectivity index (χ0n) is 19.5. The monoisotopic (exact) mass is 561 g/mol. The summed E-state index contributed by atoms with van der Waals surface area (Å²) < 4.78 is 20.5. The van der Waals surface area contributed by atoms with Crippen molar-refractivity contribution in [3.8, 4) is 16.9 Å². The summed E-state index contributed by atoms with van der Waals surface area (Å²) in [5.74, 6) is -0.523. The van der Waals surface area contributed by atoms with Crippen LogP contribution in [0.2, 0.25) is 0 Å². The fraction of sp³-hybridized carbons (Fsp3) is 0.185. The molecule has 10 heteroatoms. The van der Waals surface area contributed by atoms with Gasteiger partial charge in [-0.25, -0.2) is 4.39 Å². The van der Waals surface area contributed by atoms with E-state index in [-0.39, 0.29) is 24.2 Å². The number of hydrogen-bond acceptors (Lipinski definition) is 5. The molecular formula is C27H21BrFN5O3. The summed E-state index contributed by atoms with van der Waals surface area (Å²) in [7, 11) is 0. The highest BCUT2D eigenvalue weighted by molar-refractivity contribution is 9.10. The Morgan fingerprint density at radius 1 is 1.03 bits per heavy atom. The van der Waals surface area contributed by atoms with Gasteiger partial charge in [0.25, 0.3) is 5.91 Å². The average molecular weight is 562 g/mol. The molecule has 37 heavy (non-hydrogen) atoms. The minimum absolute atomic E-state index is 0.0162. The van der Waals surface area contributed by atoms with Crippen LogP contribution in [0.1, 0.15) is 23.0 Å². The van der Waals surface area contributed by atoms with Crippen LogP contribution in [0, 0.1) is 5.82 Å². The lowest BCUT2D eigenvalue weighted by Gasteiger charge is -2.22. The standard InChI is InChI=1S/C27H21BrFN5O3/c28-19-5-9-21(10-6-19)34-31-25(17-3-7-20(29)8-4-17)26(32-34)27-33(24(36)15-37-27)12-11-16-1-2-18-14-23(35)30-22(18)13-16/h1-10,13,27H,11-12,14-15H2,(H,30,35)/t27-/m1/s1. The normalized spacial score (nSPS) is 16.8.